The first-order valence-electron chi connectivity index (χ1n) is 15.4. The van der Waals surface area contributed by atoms with E-state index >= 15 is 0 Å². The van der Waals surface area contributed by atoms with Crippen LogP contribution in [0.25, 0.3) is 0 Å². The predicted octanol–water partition coefficient (Wildman–Crippen LogP) is 6.56. The number of piperidine rings is 1. The van der Waals surface area contributed by atoms with Crippen LogP contribution in [0.3, 0.4) is 0 Å². The van der Waals surface area contributed by atoms with E-state index in [1.165, 1.54) is 22.3 Å². The van der Waals surface area contributed by atoms with E-state index in [0.29, 0.717) is 24.8 Å². The van der Waals surface area contributed by atoms with Crippen molar-refractivity contribution in [3.8, 4) is 5.75 Å². The first-order valence-corrected chi connectivity index (χ1v) is 16.9. The molecule has 0 aromatic heterocycles. The summed E-state index contributed by atoms with van der Waals surface area (Å²) in [6.07, 6.45) is 7.77. The number of benzene rings is 3. The van der Waals surface area contributed by atoms with Crippen LogP contribution < -0.4 is 4.74 Å². The minimum atomic E-state index is -4.36. The maximum atomic E-state index is 13.6. The Morgan fingerprint density at radius 3 is 2.26 bits per heavy atom. The molecule has 3 aliphatic carbocycles. The van der Waals surface area contributed by atoms with Crippen molar-refractivity contribution in [1.29, 1.82) is 0 Å². The number of rotatable bonds is 6. The van der Waals surface area contributed by atoms with Gasteiger partial charge in [-0.1, -0.05) is 84.9 Å². The highest BCUT2D eigenvalue weighted by Gasteiger charge is 2.64. The molecule has 1 spiro atoms. The zero-order valence-electron chi connectivity index (χ0n) is 24.0. The van der Waals surface area contributed by atoms with Crippen LogP contribution in [-0.2, 0) is 30.9 Å². The third kappa shape index (κ3) is 4.03. The highest BCUT2D eigenvalue weighted by Crippen LogP contribution is 2.62. The Hall–Kier alpha value is -2.73. The molecule has 2 heterocycles. The summed E-state index contributed by atoms with van der Waals surface area (Å²) in [6.45, 7) is 0.968. The number of phosphoric acid groups is 1. The van der Waals surface area contributed by atoms with Crippen molar-refractivity contribution in [1.82, 2.24) is 4.90 Å². The molecule has 1 saturated heterocycles. The minimum Gasteiger partial charge on any atom is -0.486 e. The largest absolute Gasteiger partial charge is 0.486 e. The van der Waals surface area contributed by atoms with Crippen LogP contribution in [0.2, 0.25) is 0 Å². The number of likely N-dealkylation sites (N-methyl/N-ethyl adjacent to an activating group) is 1. The zero-order chi connectivity index (χ0) is 28.5. The molecule has 1 saturated carbocycles. The quantitative estimate of drug-likeness (QED) is 0.262. The second-order valence-corrected chi connectivity index (χ2v) is 14.3. The van der Waals surface area contributed by atoms with Crippen molar-refractivity contribution >= 4 is 7.82 Å². The molecular weight excluding hydrogens is 545 g/mol. The Morgan fingerprint density at radius 1 is 0.881 bits per heavy atom. The monoisotopic (exact) mass is 583 g/mol. The number of hydrogen-bond donors (Lipinski definition) is 1. The lowest BCUT2D eigenvalue weighted by Crippen LogP contribution is -2.65. The SMILES string of the molecule is CN1CCC23c4c5cccc4OC2C(OP(=O)(O)OC2CCC(c4ccccc4)(c4ccccc4)CC2)C=CC3C1C5. The molecule has 6 nitrogen and oxygen atoms in total. The fourth-order valence-electron chi connectivity index (χ4n) is 9.10. The number of phosphoric ester groups is 1. The summed E-state index contributed by atoms with van der Waals surface area (Å²) in [5, 5.41) is 0. The van der Waals surface area contributed by atoms with Crippen molar-refractivity contribution in [2.45, 2.75) is 73.7 Å². The average Bonchev–Trinajstić information content (AvgIpc) is 3.36. The zero-order valence-corrected chi connectivity index (χ0v) is 24.9. The molecule has 42 heavy (non-hydrogen) atoms. The van der Waals surface area contributed by atoms with Crippen LogP contribution in [-0.4, -0.2) is 47.7 Å². The van der Waals surface area contributed by atoms with Crippen LogP contribution in [0.4, 0.5) is 0 Å². The Labute approximate surface area is 247 Å². The Morgan fingerprint density at radius 2 is 1.57 bits per heavy atom. The molecule has 0 radical (unpaired) electrons. The van der Waals surface area contributed by atoms with Crippen molar-refractivity contribution in [3.63, 3.8) is 0 Å². The Bertz CT molecular complexity index is 1510. The maximum Gasteiger partial charge on any atom is 0.473 e. The molecule has 8 rings (SSSR count). The maximum absolute atomic E-state index is 13.6. The highest BCUT2D eigenvalue weighted by molar-refractivity contribution is 7.47. The predicted molar refractivity (Wildman–Crippen MR) is 162 cm³/mol. The molecule has 2 aliphatic heterocycles. The second kappa shape index (κ2) is 9.90. The van der Waals surface area contributed by atoms with Gasteiger partial charge in [0.05, 0.1) is 6.10 Å². The van der Waals surface area contributed by atoms with Gasteiger partial charge in [0, 0.05) is 28.4 Å². The summed E-state index contributed by atoms with van der Waals surface area (Å²) in [6, 6.07) is 27.9. The lowest BCUT2D eigenvalue weighted by Gasteiger charge is -2.56. The average molecular weight is 584 g/mol. The molecule has 1 N–H and O–H groups in total. The van der Waals surface area contributed by atoms with Crippen molar-refractivity contribution in [2.24, 2.45) is 5.92 Å². The number of likely N-dealkylation sites (tertiary alicyclic amines) is 1. The molecule has 0 amide bonds. The standard InChI is InChI=1S/C35H38NO5P/c1-36-22-21-35-28-15-16-31(33(35)39-30-14-8-9-24(32(30)35)23-29(28)36)41-42(37,38)40-27-17-19-34(20-18-27,25-10-4-2-5-11-25)26-12-6-3-7-13-26/h2-16,27-29,31,33H,17-23H2,1H3,(H,37,38). The molecule has 218 valence electrons. The molecular formula is C35H38NO5P. The summed E-state index contributed by atoms with van der Waals surface area (Å²) in [5.41, 5.74) is 4.80. The van der Waals surface area contributed by atoms with Gasteiger partial charge in [0.1, 0.15) is 18.0 Å². The lowest BCUT2D eigenvalue weighted by atomic mass is 9.53. The molecule has 2 fully saturated rings. The smallest absolute Gasteiger partial charge is 0.473 e. The van der Waals surface area contributed by atoms with E-state index in [4.69, 9.17) is 13.8 Å². The van der Waals surface area contributed by atoms with Gasteiger partial charge in [-0.25, -0.2) is 4.57 Å². The van der Waals surface area contributed by atoms with Gasteiger partial charge < -0.3 is 14.5 Å². The Kier molecular flexibility index (Phi) is 6.33. The third-order valence-electron chi connectivity index (χ3n) is 11.0. The van der Waals surface area contributed by atoms with Crippen LogP contribution in [0.5, 0.6) is 5.75 Å². The first-order chi connectivity index (χ1) is 20.4. The van der Waals surface area contributed by atoms with E-state index in [9.17, 15) is 9.46 Å². The van der Waals surface area contributed by atoms with Gasteiger partial charge in [0.2, 0.25) is 0 Å². The second-order valence-electron chi connectivity index (χ2n) is 12.9. The van der Waals surface area contributed by atoms with Crippen molar-refractivity contribution < 1.29 is 23.2 Å². The van der Waals surface area contributed by atoms with Gasteiger partial charge in [-0.3, -0.25) is 9.05 Å². The molecule has 3 aromatic carbocycles. The lowest BCUT2D eigenvalue weighted by molar-refractivity contribution is -0.0493. The van der Waals surface area contributed by atoms with Crippen LogP contribution in [0.15, 0.2) is 91.0 Å². The summed E-state index contributed by atoms with van der Waals surface area (Å²) in [7, 11) is -2.16. The molecule has 5 aliphatic rings. The van der Waals surface area contributed by atoms with Gasteiger partial charge in [0.25, 0.3) is 0 Å². The third-order valence-corrected chi connectivity index (χ3v) is 12.1. The van der Waals surface area contributed by atoms with Crippen LogP contribution >= 0.6 is 7.82 Å². The van der Waals surface area contributed by atoms with Gasteiger partial charge in [-0.15, -0.1) is 0 Å². The molecule has 7 heteroatoms. The van der Waals surface area contributed by atoms with Gasteiger partial charge in [0.15, 0.2) is 0 Å². The van der Waals surface area contributed by atoms with Gasteiger partial charge in [-0.05, 0) is 74.9 Å². The number of ether oxygens (including phenoxy) is 1. The van der Waals surface area contributed by atoms with E-state index in [2.05, 4.69) is 78.7 Å². The fraction of sp³-hybridized carbons (Fsp3) is 0.429. The van der Waals surface area contributed by atoms with Crippen molar-refractivity contribution in [2.75, 3.05) is 13.6 Å². The van der Waals surface area contributed by atoms with Crippen LogP contribution in [0, 0.1) is 5.92 Å². The van der Waals surface area contributed by atoms with Crippen molar-refractivity contribution in [3.05, 3.63) is 113 Å². The van der Waals surface area contributed by atoms with E-state index < -0.39 is 13.9 Å². The van der Waals surface area contributed by atoms with E-state index in [0.717, 1.165) is 38.0 Å². The summed E-state index contributed by atoms with van der Waals surface area (Å²) >= 11 is 0. The minimum absolute atomic E-state index is 0.143. The highest BCUT2D eigenvalue weighted by atomic mass is 31.2. The summed E-state index contributed by atoms with van der Waals surface area (Å²) < 4.78 is 32.2. The molecule has 2 bridgehead atoms. The fourth-order valence-corrected chi connectivity index (χ4v) is 10.2. The van der Waals surface area contributed by atoms with Gasteiger partial charge >= 0.3 is 7.82 Å². The number of nitrogens with zero attached hydrogens (tertiary/aromatic N) is 1. The van der Waals surface area contributed by atoms with Crippen LogP contribution in [0.1, 0.15) is 54.4 Å². The first kappa shape index (κ1) is 26.9. The number of hydrogen-bond acceptors (Lipinski definition) is 5. The topological polar surface area (TPSA) is 68.2 Å². The Balaban J connectivity index is 1.02. The summed E-state index contributed by atoms with van der Waals surface area (Å²) in [4.78, 5) is 13.6. The molecule has 6 atom stereocenters. The van der Waals surface area contributed by atoms with Gasteiger partial charge in [-0.2, -0.15) is 0 Å². The molecule has 3 aromatic rings. The van der Waals surface area contributed by atoms with E-state index in [1.807, 2.05) is 24.3 Å². The normalized spacial score (nSPS) is 32.5. The van der Waals surface area contributed by atoms with E-state index in [1.54, 1.807) is 0 Å². The molecule has 6 unspecified atom stereocenters. The summed E-state index contributed by atoms with van der Waals surface area (Å²) in [5.74, 6) is 1.20. The van der Waals surface area contributed by atoms with E-state index in [-0.39, 0.29) is 23.0 Å².